The Morgan fingerprint density at radius 3 is 2.65 bits per heavy atom. The number of nitrogens with two attached hydrogens (primary N) is 1. The van der Waals surface area contributed by atoms with Crippen molar-refractivity contribution in [2.75, 3.05) is 12.8 Å². The molecule has 0 fully saturated rings. The molecular weight excluding hydrogens is 350 g/mol. The number of nitrogens with zero attached hydrogens (tertiary/aromatic N) is 1. The molecular formula is C19H17N3O3S. The van der Waals surface area contributed by atoms with Gasteiger partial charge in [0.1, 0.15) is 16.4 Å². The lowest BCUT2D eigenvalue weighted by atomic mass is 10.2. The monoisotopic (exact) mass is 367 g/mol. The number of phenols is 1. The molecule has 26 heavy (non-hydrogen) atoms. The number of rotatable bonds is 5. The zero-order chi connectivity index (χ0) is 18.5. The van der Waals surface area contributed by atoms with Crippen LogP contribution in [0.4, 0.5) is 5.69 Å². The van der Waals surface area contributed by atoms with E-state index in [1.165, 1.54) is 17.6 Å². The summed E-state index contributed by atoms with van der Waals surface area (Å²) < 4.78 is 5.14. The van der Waals surface area contributed by atoms with E-state index in [4.69, 9.17) is 10.5 Å². The fourth-order valence-electron chi connectivity index (χ4n) is 2.29. The van der Waals surface area contributed by atoms with Gasteiger partial charge >= 0.3 is 0 Å². The molecule has 4 N–H and O–H groups in total. The summed E-state index contributed by atoms with van der Waals surface area (Å²) in [6.45, 7) is 0. The van der Waals surface area contributed by atoms with Gasteiger partial charge < -0.3 is 15.6 Å². The summed E-state index contributed by atoms with van der Waals surface area (Å²) in [7, 11) is 1.61. The summed E-state index contributed by atoms with van der Waals surface area (Å²) >= 11 is 1.28. The molecule has 0 saturated heterocycles. The number of hydrazone groups is 1. The first kappa shape index (κ1) is 17.5. The van der Waals surface area contributed by atoms with Gasteiger partial charge in [0.25, 0.3) is 5.91 Å². The summed E-state index contributed by atoms with van der Waals surface area (Å²) in [5, 5.41) is 13.5. The lowest BCUT2D eigenvalue weighted by Crippen LogP contribution is -2.17. The fourth-order valence-corrected chi connectivity index (χ4v) is 3.26. The van der Waals surface area contributed by atoms with Crippen LogP contribution >= 0.6 is 11.3 Å². The predicted octanol–water partition coefficient (Wildman–Crippen LogP) is 3.48. The van der Waals surface area contributed by atoms with Crippen LogP contribution in [0.25, 0.3) is 10.4 Å². The maximum atomic E-state index is 12.3. The predicted molar refractivity (Wildman–Crippen MR) is 104 cm³/mol. The van der Waals surface area contributed by atoms with Gasteiger partial charge in [-0.1, -0.05) is 12.1 Å². The van der Waals surface area contributed by atoms with Gasteiger partial charge in [-0.25, -0.2) is 5.43 Å². The van der Waals surface area contributed by atoms with Gasteiger partial charge in [0, 0.05) is 10.4 Å². The standard InChI is InChI=1S/C19H17N3O3S/c1-25-14-8-6-12(7-9-14)17-10-15(20)18(26-17)19(24)22-21-11-13-4-2-3-5-16(13)23/h2-11,23H,20H2,1H3,(H,22,24)/b21-11+. The van der Waals surface area contributed by atoms with E-state index in [1.807, 2.05) is 24.3 Å². The molecule has 0 bridgehead atoms. The number of phenolic OH excluding ortho intramolecular Hbond substituents is 1. The molecule has 3 rings (SSSR count). The van der Waals surface area contributed by atoms with Crippen molar-refractivity contribution in [3.05, 3.63) is 65.0 Å². The normalized spacial score (nSPS) is 10.8. The first-order chi connectivity index (χ1) is 12.6. The van der Waals surface area contributed by atoms with Crippen molar-refractivity contribution < 1.29 is 14.6 Å². The van der Waals surface area contributed by atoms with Crippen molar-refractivity contribution in [2.24, 2.45) is 5.10 Å². The van der Waals surface area contributed by atoms with Crippen molar-refractivity contribution in [3.63, 3.8) is 0 Å². The van der Waals surface area contributed by atoms with Crippen molar-refractivity contribution >= 4 is 29.1 Å². The number of nitrogen functional groups attached to an aromatic ring is 1. The molecule has 132 valence electrons. The van der Waals surface area contributed by atoms with Gasteiger partial charge in [0.05, 0.1) is 19.0 Å². The van der Waals surface area contributed by atoms with Gasteiger partial charge in [-0.3, -0.25) is 4.79 Å². The van der Waals surface area contributed by atoms with E-state index in [9.17, 15) is 9.90 Å². The Morgan fingerprint density at radius 1 is 1.23 bits per heavy atom. The van der Waals surface area contributed by atoms with Crippen molar-refractivity contribution in [2.45, 2.75) is 0 Å². The number of thiophene rings is 1. The maximum Gasteiger partial charge on any atom is 0.283 e. The number of anilines is 1. The van der Waals surface area contributed by atoms with Gasteiger partial charge in [0.15, 0.2) is 0 Å². The minimum Gasteiger partial charge on any atom is -0.507 e. The zero-order valence-corrected chi connectivity index (χ0v) is 14.8. The number of nitrogens with one attached hydrogen (secondary N) is 1. The second-order valence-electron chi connectivity index (χ2n) is 5.38. The highest BCUT2D eigenvalue weighted by Gasteiger charge is 2.15. The van der Waals surface area contributed by atoms with Crippen LogP contribution in [0, 0.1) is 0 Å². The molecule has 0 aliphatic rings. The Hall–Kier alpha value is -3.32. The average Bonchev–Trinajstić information content (AvgIpc) is 3.05. The van der Waals surface area contributed by atoms with Crippen molar-refractivity contribution in [3.8, 4) is 21.9 Å². The molecule has 0 radical (unpaired) electrons. The van der Waals surface area contributed by atoms with E-state index in [0.29, 0.717) is 16.1 Å². The van der Waals surface area contributed by atoms with E-state index >= 15 is 0 Å². The molecule has 1 heterocycles. The number of para-hydroxylation sites is 1. The highest BCUT2D eigenvalue weighted by molar-refractivity contribution is 7.18. The third kappa shape index (κ3) is 3.84. The molecule has 6 nitrogen and oxygen atoms in total. The number of ether oxygens (including phenoxy) is 1. The molecule has 0 spiro atoms. The van der Waals surface area contributed by atoms with Gasteiger partial charge in [-0.2, -0.15) is 5.10 Å². The van der Waals surface area contributed by atoms with E-state index in [-0.39, 0.29) is 5.75 Å². The summed E-state index contributed by atoms with van der Waals surface area (Å²) in [6.07, 6.45) is 1.38. The Morgan fingerprint density at radius 2 is 1.96 bits per heavy atom. The lowest BCUT2D eigenvalue weighted by Gasteiger charge is -2.01. The van der Waals surface area contributed by atoms with E-state index in [2.05, 4.69) is 10.5 Å². The minimum atomic E-state index is -0.404. The van der Waals surface area contributed by atoms with Crippen LogP contribution in [0.2, 0.25) is 0 Å². The van der Waals surface area contributed by atoms with Gasteiger partial charge in [-0.05, 0) is 48.0 Å². The van der Waals surface area contributed by atoms with E-state index < -0.39 is 5.91 Å². The van der Waals surface area contributed by atoms with Crippen LogP contribution in [0.3, 0.4) is 0 Å². The molecule has 2 aromatic carbocycles. The van der Waals surface area contributed by atoms with Crippen molar-refractivity contribution in [1.82, 2.24) is 5.43 Å². The molecule has 0 aliphatic heterocycles. The first-order valence-electron chi connectivity index (χ1n) is 7.73. The summed E-state index contributed by atoms with van der Waals surface area (Å²) in [5.74, 6) is 0.441. The lowest BCUT2D eigenvalue weighted by molar-refractivity contribution is 0.0960. The number of amides is 1. The number of hydrogen-bond acceptors (Lipinski definition) is 6. The first-order valence-corrected chi connectivity index (χ1v) is 8.55. The molecule has 7 heteroatoms. The summed E-state index contributed by atoms with van der Waals surface area (Å²) in [5.41, 5.74) is 10.2. The van der Waals surface area contributed by atoms with Crippen LogP contribution < -0.4 is 15.9 Å². The Labute approximate surface area is 154 Å². The molecule has 0 aliphatic carbocycles. The minimum absolute atomic E-state index is 0.0860. The number of benzene rings is 2. The van der Waals surface area contributed by atoms with E-state index in [1.54, 1.807) is 37.4 Å². The van der Waals surface area contributed by atoms with Crippen molar-refractivity contribution in [1.29, 1.82) is 0 Å². The third-order valence-electron chi connectivity index (χ3n) is 3.65. The smallest absolute Gasteiger partial charge is 0.283 e. The summed E-state index contributed by atoms with van der Waals surface area (Å²) in [4.78, 5) is 13.6. The zero-order valence-electron chi connectivity index (χ0n) is 14.0. The van der Waals surface area contributed by atoms with Crippen LogP contribution in [-0.4, -0.2) is 24.3 Å². The second kappa shape index (κ2) is 7.71. The number of carbonyl (C=O) groups is 1. The average molecular weight is 367 g/mol. The van der Waals surface area contributed by atoms with Crippen LogP contribution in [0.15, 0.2) is 59.7 Å². The second-order valence-corrected chi connectivity index (χ2v) is 6.43. The summed E-state index contributed by atoms with van der Waals surface area (Å²) in [6, 6.07) is 16.0. The van der Waals surface area contributed by atoms with Gasteiger partial charge in [-0.15, -0.1) is 11.3 Å². The largest absolute Gasteiger partial charge is 0.507 e. The number of methoxy groups -OCH3 is 1. The van der Waals surface area contributed by atoms with Gasteiger partial charge in [0.2, 0.25) is 0 Å². The van der Waals surface area contributed by atoms with Crippen LogP contribution in [-0.2, 0) is 0 Å². The molecule has 1 aromatic heterocycles. The molecule has 1 amide bonds. The Bertz CT molecular complexity index is 949. The molecule has 0 unspecified atom stereocenters. The number of carbonyl (C=O) groups excluding carboxylic acids is 1. The number of hydrogen-bond donors (Lipinski definition) is 3. The Kier molecular flexibility index (Phi) is 5.19. The SMILES string of the molecule is COc1ccc(-c2cc(N)c(C(=O)N/N=C/c3ccccc3O)s2)cc1. The third-order valence-corrected chi connectivity index (χ3v) is 4.85. The van der Waals surface area contributed by atoms with Crippen LogP contribution in [0.5, 0.6) is 11.5 Å². The number of aromatic hydroxyl groups is 1. The van der Waals surface area contributed by atoms with E-state index in [0.717, 1.165) is 16.2 Å². The quantitative estimate of drug-likeness (QED) is 0.475. The molecule has 0 saturated carbocycles. The highest BCUT2D eigenvalue weighted by Crippen LogP contribution is 2.33. The van der Waals surface area contributed by atoms with Crippen LogP contribution in [0.1, 0.15) is 15.2 Å². The topological polar surface area (TPSA) is 96.9 Å². The maximum absolute atomic E-state index is 12.3. The molecule has 0 atom stereocenters. The highest BCUT2D eigenvalue weighted by atomic mass is 32.1. The fraction of sp³-hybridized carbons (Fsp3) is 0.0526. The Balaban J connectivity index is 1.73. The molecule has 3 aromatic rings.